The molecule has 9 heteroatoms. The van der Waals surface area contributed by atoms with Crippen LogP contribution in [0.25, 0.3) is 0 Å². The zero-order valence-corrected chi connectivity index (χ0v) is 12.3. The highest BCUT2D eigenvalue weighted by Crippen LogP contribution is 2.09. The Kier molecular flexibility index (Phi) is 5.28. The normalized spacial score (nSPS) is 11.9. The maximum absolute atomic E-state index is 11.8. The Morgan fingerprint density at radius 2 is 2.10 bits per heavy atom. The third-order valence-corrected chi connectivity index (χ3v) is 1.92. The van der Waals surface area contributed by atoms with Crippen LogP contribution in [0.4, 0.5) is 10.7 Å². The Hall–Kier alpha value is -2.58. The summed E-state index contributed by atoms with van der Waals surface area (Å²) in [6.07, 6.45) is 0.223. The van der Waals surface area contributed by atoms with Crippen molar-refractivity contribution in [2.45, 2.75) is 33.3 Å². The van der Waals surface area contributed by atoms with Gasteiger partial charge in [0.15, 0.2) is 5.95 Å². The van der Waals surface area contributed by atoms with E-state index in [4.69, 9.17) is 15.2 Å². The number of nitrogens with zero attached hydrogens (tertiary/aromatic N) is 2. The van der Waals surface area contributed by atoms with Gasteiger partial charge in [-0.25, -0.2) is 14.6 Å². The second-order valence-electron chi connectivity index (χ2n) is 4.90. The molecule has 0 aromatic carbocycles. The SMILES string of the molecule is CCOC(=O)C(=NOC(=O)OC(C)(C)C)c1cnc(N)[nH]1. The van der Waals surface area contributed by atoms with Gasteiger partial charge in [0.1, 0.15) is 5.60 Å². The molecule has 0 aliphatic rings. The molecular formula is C12H18N4O5. The summed E-state index contributed by atoms with van der Waals surface area (Å²) < 4.78 is 9.71. The first-order valence-electron chi connectivity index (χ1n) is 6.19. The average molecular weight is 298 g/mol. The van der Waals surface area contributed by atoms with E-state index in [1.54, 1.807) is 27.7 Å². The number of H-pyrrole nitrogens is 1. The standard InChI is InChI=1S/C12H18N4O5/c1-5-19-9(17)8(7-6-14-10(13)15-7)16-21-11(18)20-12(2,3)4/h6H,5H2,1-4H3,(H3,13,14,15). The number of hydrogen-bond acceptors (Lipinski definition) is 8. The number of nitrogens with two attached hydrogens (primary N) is 1. The molecule has 1 aromatic heterocycles. The van der Waals surface area contributed by atoms with E-state index in [1.165, 1.54) is 6.20 Å². The number of rotatable bonds is 4. The minimum atomic E-state index is -1.04. The van der Waals surface area contributed by atoms with Crippen LogP contribution in [-0.4, -0.2) is 40.0 Å². The maximum atomic E-state index is 11.8. The molecule has 0 bridgehead atoms. The van der Waals surface area contributed by atoms with E-state index in [1.807, 2.05) is 0 Å². The van der Waals surface area contributed by atoms with E-state index in [9.17, 15) is 9.59 Å². The van der Waals surface area contributed by atoms with Gasteiger partial charge in [-0.15, -0.1) is 0 Å². The summed E-state index contributed by atoms with van der Waals surface area (Å²) in [4.78, 5) is 34.1. The van der Waals surface area contributed by atoms with Gasteiger partial charge in [-0.2, -0.15) is 0 Å². The molecule has 9 nitrogen and oxygen atoms in total. The Labute approximate surface area is 121 Å². The summed E-state index contributed by atoms with van der Waals surface area (Å²) in [5, 5.41) is 3.45. The van der Waals surface area contributed by atoms with Crippen molar-refractivity contribution in [2.75, 3.05) is 12.3 Å². The molecule has 0 unspecified atom stereocenters. The van der Waals surface area contributed by atoms with Crippen LogP contribution in [0, 0.1) is 0 Å². The number of anilines is 1. The molecule has 0 saturated carbocycles. The Balaban J connectivity index is 2.89. The van der Waals surface area contributed by atoms with Gasteiger partial charge in [-0.05, 0) is 27.7 Å². The van der Waals surface area contributed by atoms with Crippen LogP contribution in [0.1, 0.15) is 33.4 Å². The third kappa shape index (κ3) is 5.51. The number of imidazole rings is 1. The number of carbonyl (C=O) groups is 2. The molecule has 1 heterocycles. The molecule has 116 valence electrons. The fourth-order valence-corrected chi connectivity index (χ4v) is 1.20. The molecular weight excluding hydrogens is 280 g/mol. The molecule has 0 fully saturated rings. The van der Waals surface area contributed by atoms with E-state index in [2.05, 4.69) is 20.0 Å². The van der Waals surface area contributed by atoms with Gasteiger partial charge >= 0.3 is 12.1 Å². The molecule has 1 rings (SSSR count). The van der Waals surface area contributed by atoms with E-state index in [0.717, 1.165) is 0 Å². The van der Waals surface area contributed by atoms with Gasteiger partial charge in [0, 0.05) is 0 Å². The lowest BCUT2D eigenvalue weighted by atomic mass is 10.2. The van der Waals surface area contributed by atoms with Gasteiger partial charge in [0.05, 0.1) is 18.5 Å². The largest absolute Gasteiger partial charge is 0.535 e. The second kappa shape index (κ2) is 6.73. The second-order valence-corrected chi connectivity index (χ2v) is 4.90. The number of aromatic nitrogens is 2. The minimum absolute atomic E-state index is 0.0827. The average Bonchev–Trinajstić information content (AvgIpc) is 2.74. The fraction of sp³-hybridized carbons (Fsp3) is 0.500. The van der Waals surface area contributed by atoms with Gasteiger partial charge in [-0.3, -0.25) is 4.84 Å². The number of carbonyl (C=O) groups excluding carboxylic acids is 2. The van der Waals surface area contributed by atoms with Crippen molar-refractivity contribution >= 4 is 23.8 Å². The van der Waals surface area contributed by atoms with Crippen molar-refractivity contribution in [3.63, 3.8) is 0 Å². The third-order valence-electron chi connectivity index (χ3n) is 1.92. The molecule has 21 heavy (non-hydrogen) atoms. The van der Waals surface area contributed by atoms with Crippen molar-refractivity contribution in [3.8, 4) is 0 Å². The summed E-state index contributed by atoms with van der Waals surface area (Å²) in [6.45, 7) is 6.76. The monoisotopic (exact) mass is 298 g/mol. The van der Waals surface area contributed by atoms with Crippen molar-refractivity contribution in [1.29, 1.82) is 0 Å². The highest BCUT2D eigenvalue weighted by Gasteiger charge is 2.22. The van der Waals surface area contributed by atoms with Crippen LogP contribution >= 0.6 is 0 Å². The number of hydrogen-bond donors (Lipinski definition) is 2. The number of nitrogens with one attached hydrogen (secondary N) is 1. The lowest BCUT2D eigenvalue weighted by Crippen LogP contribution is -2.25. The summed E-state index contributed by atoms with van der Waals surface area (Å²) in [6, 6.07) is 0. The van der Waals surface area contributed by atoms with E-state index in [-0.39, 0.29) is 24.0 Å². The number of ether oxygens (including phenoxy) is 2. The summed E-state index contributed by atoms with van der Waals surface area (Å²) in [5.74, 6) is -0.705. The van der Waals surface area contributed by atoms with Crippen molar-refractivity contribution < 1.29 is 23.9 Å². The van der Waals surface area contributed by atoms with Gasteiger partial charge in [0.25, 0.3) is 0 Å². The van der Waals surface area contributed by atoms with Gasteiger partial charge in [0.2, 0.25) is 5.71 Å². The van der Waals surface area contributed by atoms with Crippen LogP contribution in [0.2, 0.25) is 0 Å². The van der Waals surface area contributed by atoms with Crippen LogP contribution in [0.3, 0.4) is 0 Å². The lowest BCUT2D eigenvalue weighted by Gasteiger charge is -2.17. The first-order valence-corrected chi connectivity index (χ1v) is 6.19. The Bertz CT molecular complexity index is 544. The van der Waals surface area contributed by atoms with Crippen LogP contribution < -0.4 is 5.73 Å². The predicted octanol–water partition coefficient (Wildman–Crippen LogP) is 1.21. The first kappa shape index (κ1) is 16.5. The predicted molar refractivity (Wildman–Crippen MR) is 73.5 cm³/mol. The number of aromatic amines is 1. The molecule has 0 aliphatic heterocycles. The smallest absolute Gasteiger partial charge is 0.461 e. The number of esters is 1. The Morgan fingerprint density at radius 3 is 2.57 bits per heavy atom. The van der Waals surface area contributed by atoms with Crippen molar-refractivity contribution in [3.05, 3.63) is 11.9 Å². The van der Waals surface area contributed by atoms with Crippen LogP contribution in [-0.2, 0) is 19.1 Å². The number of oxime groups is 1. The lowest BCUT2D eigenvalue weighted by molar-refractivity contribution is -0.135. The maximum Gasteiger partial charge on any atom is 0.535 e. The van der Waals surface area contributed by atoms with Crippen molar-refractivity contribution in [2.24, 2.45) is 5.16 Å². The molecule has 3 N–H and O–H groups in total. The van der Waals surface area contributed by atoms with E-state index < -0.39 is 17.7 Å². The minimum Gasteiger partial charge on any atom is -0.461 e. The van der Waals surface area contributed by atoms with E-state index >= 15 is 0 Å². The first-order chi connectivity index (χ1) is 9.73. The zero-order chi connectivity index (χ0) is 16.0. The highest BCUT2D eigenvalue weighted by molar-refractivity contribution is 6.42. The Morgan fingerprint density at radius 1 is 1.43 bits per heavy atom. The van der Waals surface area contributed by atoms with Gasteiger partial charge in [-0.1, -0.05) is 5.16 Å². The molecule has 1 aromatic rings. The molecule has 0 saturated heterocycles. The van der Waals surface area contributed by atoms with Crippen LogP contribution in [0.15, 0.2) is 11.4 Å². The van der Waals surface area contributed by atoms with E-state index in [0.29, 0.717) is 0 Å². The van der Waals surface area contributed by atoms with Gasteiger partial charge < -0.3 is 20.2 Å². The summed E-state index contributed by atoms with van der Waals surface area (Å²) in [5.41, 5.74) is 4.57. The van der Waals surface area contributed by atoms with Crippen molar-refractivity contribution in [1.82, 2.24) is 9.97 Å². The summed E-state index contributed by atoms with van der Waals surface area (Å²) in [7, 11) is 0. The highest BCUT2D eigenvalue weighted by atomic mass is 16.8. The molecule has 0 radical (unpaired) electrons. The fourth-order valence-electron chi connectivity index (χ4n) is 1.20. The topological polar surface area (TPSA) is 129 Å². The molecule has 0 aliphatic carbocycles. The zero-order valence-electron chi connectivity index (χ0n) is 12.3. The summed E-state index contributed by atoms with van der Waals surface area (Å²) >= 11 is 0. The molecule has 0 amide bonds. The molecule has 0 spiro atoms. The quantitative estimate of drug-likeness (QED) is 0.370. The van der Waals surface area contributed by atoms with Crippen LogP contribution in [0.5, 0.6) is 0 Å². The number of nitrogen functional groups attached to an aromatic ring is 1. The molecule has 0 atom stereocenters.